The minimum absolute atomic E-state index is 0.212. The first-order valence-electron chi connectivity index (χ1n) is 8.91. The number of halogens is 1. The highest BCUT2D eigenvalue weighted by Gasteiger charge is 2.16. The Labute approximate surface area is 177 Å². The third kappa shape index (κ3) is 4.34. The fourth-order valence-corrected chi connectivity index (χ4v) is 3.89. The molecule has 29 heavy (non-hydrogen) atoms. The Morgan fingerprint density at radius 2 is 1.79 bits per heavy atom. The lowest BCUT2D eigenvalue weighted by Crippen LogP contribution is -2.13. The van der Waals surface area contributed by atoms with Crippen LogP contribution in [0.1, 0.15) is 16.1 Å². The number of nitrogens with one attached hydrogen (secondary N) is 1. The Hall–Kier alpha value is -3.09. The predicted octanol–water partition coefficient (Wildman–Crippen LogP) is 5.63. The molecule has 2 aromatic heterocycles. The molecule has 0 aliphatic carbocycles. The topological polar surface area (TPSA) is 59.8 Å². The van der Waals surface area contributed by atoms with Gasteiger partial charge in [-0.1, -0.05) is 41.6 Å². The van der Waals surface area contributed by atoms with E-state index in [2.05, 4.69) is 15.4 Å². The number of benzene rings is 2. The largest absolute Gasteiger partial charge is 0.322 e. The Morgan fingerprint density at radius 3 is 2.52 bits per heavy atom. The van der Waals surface area contributed by atoms with Crippen molar-refractivity contribution in [1.82, 2.24) is 14.8 Å². The van der Waals surface area contributed by atoms with Crippen LogP contribution in [0.3, 0.4) is 0 Å². The van der Waals surface area contributed by atoms with Crippen LogP contribution in [-0.2, 0) is 0 Å². The number of nitrogens with zero attached hydrogens (tertiary/aromatic N) is 3. The van der Waals surface area contributed by atoms with Crippen LogP contribution in [0.4, 0.5) is 5.69 Å². The Bertz CT molecular complexity index is 1140. The maximum Gasteiger partial charge on any atom is 0.259 e. The first kappa shape index (κ1) is 19.2. The van der Waals surface area contributed by atoms with Crippen LogP contribution in [0.25, 0.3) is 5.82 Å². The summed E-state index contributed by atoms with van der Waals surface area (Å²) in [5.41, 5.74) is 1.95. The molecule has 4 rings (SSSR count). The molecule has 0 spiro atoms. The lowest BCUT2D eigenvalue weighted by Gasteiger charge is -2.08. The standard InChI is InChI=1S/C22H17ClN4OS/c1-15-18(14-25-27(15)21-8-4-5-13-24-21)22(28)26-16-9-11-17(12-10-16)29-20-7-3-2-6-19(20)23/h2-14H,1H3,(H,26,28). The van der Waals surface area contributed by atoms with Gasteiger partial charge < -0.3 is 5.32 Å². The van der Waals surface area contributed by atoms with Crippen molar-refractivity contribution >= 4 is 35.0 Å². The maximum atomic E-state index is 12.7. The monoisotopic (exact) mass is 420 g/mol. The molecule has 0 aliphatic heterocycles. The average molecular weight is 421 g/mol. The van der Waals surface area contributed by atoms with Crippen molar-refractivity contribution in [3.8, 4) is 5.82 Å². The van der Waals surface area contributed by atoms with Crippen LogP contribution in [0.15, 0.2) is 88.9 Å². The van der Waals surface area contributed by atoms with Gasteiger partial charge in [0.25, 0.3) is 5.91 Å². The van der Waals surface area contributed by atoms with Gasteiger partial charge in [0.15, 0.2) is 5.82 Å². The average Bonchev–Trinajstić information content (AvgIpc) is 3.13. The molecule has 0 saturated carbocycles. The summed E-state index contributed by atoms with van der Waals surface area (Å²) in [6.07, 6.45) is 3.25. The van der Waals surface area contributed by atoms with E-state index in [9.17, 15) is 4.79 Å². The van der Waals surface area contributed by atoms with E-state index in [0.717, 1.165) is 20.5 Å². The number of carbonyl (C=O) groups is 1. The van der Waals surface area contributed by atoms with Crippen LogP contribution in [0, 0.1) is 6.92 Å². The summed E-state index contributed by atoms with van der Waals surface area (Å²) in [4.78, 5) is 19.0. The molecular weight excluding hydrogens is 404 g/mol. The number of amides is 1. The van der Waals surface area contributed by atoms with Gasteiger partial charge in [-0.05, 0) is 55.5 Å². The molecule has 0 aliphatic rings. The van der Waals surface area contributed by atoms with Gasteiger partial charge in [-0.15, -0.1) is 0 Å². The van der Waals surface area contributed by atoms with Gasteiger partial charge in [0.1, 0.15) is 0 Å². The molecule has 0 unspecified atom stereocenters. The third-order valence-corrected chi connectivity index (χ3v) is 5.82. The number of aromatic nitrogens is 3. The van der Waals surface area contributed by atoms with Gasteiger partial charge in [-0.3, -0.25) is 4.79 Å². The zero-order chi connectivity index (χ0) is 20.2. The highest BCUT2D eigenvalue weighted by Crippen LogP contribution is 2.33. The van der Waals surface area contributed by atoms with E-state index < -0.39 is 0 Å². The fraction of sp³-hybridized carbons (Fsp3) is 0.0455. The summed E-state index contributed by atoms with van der Waals surface area (Å²) in [5, 5.41) is 7.93. The lowest BCUT2D eigenvalue weighted by molar-refractivity contribution is 0.102. The first-order valence-corrected chi connectivity index (χ1v) is 10.1. The molecule has 4 aromatic rings. The quantitative estimate of drug-likeness (QED) is 0.454. The minimum atomic E-state index is -0.212. The van der Waals surface area contributed by atoms with Crippen molar-refractivity contribution in [3.63, 3.8) is 0 Å². The summed E-state index contributed by atoms with van der Waals surface area (Å²) < 4.78 is 1.65. The predicted molar refractivity (Wildman–Crippen MR) is 116 cm³/mol. The highest BCUT2D eigenvalue weighted by atomic mass is 35.5. The molecule has 1 N–H and O–H groups in total. The highest BCUT2D eigenvalue weighted by molar-refractivity contribution is 7.99. The number of rotatable bonds is 5. The summed E-state index contributed by atoms with van der Waals surface area (Å²) in [7, 11) is 0. The van der Waals surface area contributed by atoms with Crippen molar-refractivity contribution in [1.29, 1.82) is 0 Å². The smallest absolute Gasteiger partial charge is 0.259 e. The summed E-state index contributed by atoms with van der Waals surface area (Å²) in [5.74, 6) is 0.459. The van der Waals surface area contributed by atoms with Crippen LogP contribution in [0.5, 0.6) is 0 Å². The zero-order valence-electron chi connectivity index (χ0n) is 15.5. The molecule has 5 nitrogen and oxygen atoms in total. The van der Waals surface area contributed by atoms with E-state index in [-0.39, 0.29) is 5.91 Å². The van der Waals surface area contributed by atoms with E-state index in [4.69, 9.17) is 11.6 Å². The van der Waals surface area contributed by atoms with E-state index in [1.165, 1.54) is 0 Å². The second kappa shape index (κ2) is 8.51. The normalized spacial score (nSPS) is 10.7. The molecule has 1 amide bonds. The van der Waals surface area contributed by atoms with Gasteiger partial charge in [0.2, 0.25) is 0 Å². The number of carbonyl (C=O) groups excluding carboxylic acids is 1. The molecule has 2 aromatic carbocycles. The second-order valence-electron chi connectivity index (χ2n) is 6.25. The van der Waals surface area contributed by atoms with E-state index in [1.807, 2.05) is 73.7 Å². The van der Waals surface area contributed by atoms with E-state index >= 15 is 0 Å². The first-order chi connectivity index (χ1) is 14.1. The number of hydrogen-bond acceptors (Lipinski definition) is 4. The number of anilines is 1. The second-order valence-corrected chi connectivity index (χ2v) is 7.78. The van der Waals surface area contributed by atoms with Crippen molar-refractivity contribution in [2.45, 2.75) is 16.7 Å². The Morgan fingerprint density at radius 1 is 1.03 bits per heavy atom. The van der Waals surface area contributed by atoms with Crippen LogP contribution < -0.4 is 5.32 Å². The molecule has 0 bridgehead atoms. The van der Waals surface area contributed by atoms with E-state index in [1.54, 1.807) is 28.8 Å². The van der Waals surface area contributed by atoms with E-state index in [0.29, 0.717) is 17.1 Å². The SMILES string of the molecule is Cc1c(C(=O)Nc2ccc(Sc3ccccc3Cl)cc2)cnn1-c1ccccn1. The molecular formula is C22H17ClN4OS. The van der Waals surface area contributed by atoms with Crippen molar-refractivity contribution in [2.24, 2.45) is 0 Å². The summed E-state index contributed by atoms with van der Waals surface area (Å²) in [6, 6.07) is 20.9. The molecule has 0 fully saturated rings. The zero-order valence-corrected chi connectivity index (χ0v) is 17.1. The van der Waals surface area contributed by atoms with Crippen molar-refractivity contribution in [2.75, 3.05) is 5.32 Å². The van der Waals surface area contributed by atoms with Gasteiger partial charge in [-0.25, -0.2) is 9.67 Å². The van der Waals surface area contributed by atoms with Gasteiger partial charge in [-0.2, -0.15) is 5.10 Å². The summed E-state index contributed by atoms with van der Waals surface area (Å²) >= 11 is 7.79. The van der Waals surface area contributed by atoms with Crippen LogP contribution in [-0.4, -0.2) is 20.7 Å². The fourth-order valence-electron chi connectivity index (χ4n) is 2.80. The van der Waals surface area contributed by atoms with Gasteiger partial charge in [0, 0.05) is 21.7 Å². The molecule has 2 heterocycles. The van der Waals surface area contributed by atoms with Gasteiger partial charge >= 0.3 is 0 Å². The number of hydrogen-bond donors (Lipinski definition) is 1. The maximum absolute atomic E-state index is 12.7. The Balaban J connectivity index is 1.47. The molecule has 7 heteroatoms. The number of pyridine rings is 1. The molecule has 0 saturated heterocycles. The summed E-state index contributed by atoms with van der Waals surface area (Å²) in [6.45, 7) is 1.85. The van der Waals surface area contributed by atoms with Crippen LogP contribution in [0.2, 0.25) is 5.02 Å². The molecule has 0 radical (unpaired) electrons. The van der Waals surface area contributed by atoms with Crippen molar-refractivity contribution < 1.29 is 4.79 Å². The lowest BCUT2D eigenvalue weighted by atomic mass is 10.2. The third-order valence-electron chi connectivity index (χ3n) is 4.30. The molecule has 0 atom stereocenters. The Kier molecular flexibility index (Phi) is 5.64. The molecule has 144 valence electrons. The van der Waals surface area contributed by atoms with Gasteiger partial charge in [0.05, 0.1) is 22.5 Å². The van der Waals surface area contributed by atoms with Crippen molar-refractivity contribution in [3.05, 3.63) is 95.4 Å². The minimum Gasteiger partial charge on any atom is -0.322 e. The van der Waals surface area contributed by atoms with Crippen LogP contribution >= 0.6 is 23.4 Å².